The summed E-state index contributed by atoms with van der Waals surface area (Å²) < 4.78 is 8.61. The minimum Gasteiger partial charge on any atom is -0.480 e. The molecule has 23 heavy (non-hydrogen) atoms. The van der Waals surface area contributed by atoms with Crippen molar-refractivity contribution in [2.45, 2.75) is 32.2 Å². The fourth-order valence-electron chi connectivity index (χ4n) is 1.33. The number of methoxy groups -OCH3 is 2. The fraction of sp³-hybridized carbons (Fsp3) is 0.667. The van der Waals surface area contributed by atoms with Crippen LogP contribution in [0.15, 0.2) is 5.16 Å². The molecule has 0 fully saturated rings. The summed E-state index contributed by atoms with van der Waals surface area (Å²) in [5, 5.41) is 13.2. The maximum absolute atomic E-state index is 11.2. The van der Waals surface area contributed by atoms with Crippen molar-refractivity contribution in [3.63, 3.8) is 0 Å². The molecule has 3 N–H and O–H groups in total. The van der Waals surface area contributed by atoms with E-state index >= 15 is 0 Å². The highest BCUT2D eigenvalue weighted by molar-refractivity contribution is 5.80. The third-order valence-corrected chi connectivity index (χ3v) is 2.57. The lowest BCUT2D eigenvalue weighted by molar-refractivity contribution is -0.138. The highest BCUT2D eigenvalue weighted by Crippen LogP contribution is 2.05. The van der Waals surface area contributed by atoms with Crippen LogP contribution in [0.5, 0.6) is 0 Å². The summed E-state index contributed by atoms with van der Waals surface area (Å²) in [5.41, 5.74) is 5.38. The smallest absolute Gasteiger partial charge is 0.480 e. The largest absolute Gasteiger partial charge is 0.534 e. The summed E-state index contributed by atoms with van der Waals surface area (Å²) in [6, 6.07) is -0.956. The lowest BCUT2D eigenvalue weighted by Crippen LogP contribution is -2.34. The molecule has 0 spiro atoms. The monoisotopic (exact) mass is 335 g/mol. The second-order valence-corrected chi connectivity index (χ2v) is 4.27. The van der Waals surface area contributed by atoms with Gasteiger partial charge in [0.1, 0.15) is 6.04 Å². The van der Waals surface area contributed by atoms with Crippen LogP contribution in [-0.2, 0) is 23.9 Å². The molecule has 0 bridgehead atoms. The topological polar surface area (TPSA) is 150 Å². The molecule has 0 aliphatic heterocycles. The highest BCUT2D eigenvalue weighted by atomic mass is 16.8. The van der Waals surface area contributed by atoms with E-state index in [0.29, 0.717) is 12.8 Å². The molecule has 0 rings (SSSR count). The van der Waals surface area contributed by atoms with Gasteiger partial charge in [0.25, 0.3) is 0 Å². The number of hydrogen-bond acceptors (Lipinski definition) is 9. The van der Waals surface area contributed by atoms with Crippen molar-refractivity contribution in [2.24, 2.45) is 10.9 Å². The summed E-state index contributed by atoms with van der Waals surface area (Å²) in [4.78, 5) is 41.8. The van der Waals surface area contributed by atoms with Crippen LogP contribution < -0.4 is 5.73 Å². The Labute approximate surface area is 132 Å². The molecular formula is C12H21N3O8. The first-order valence-electron chi connectivity index (χ1n) is 6.63. The first-order valence-corrected chi connectivity index (χ1v) is 6.63. The summed E-state index contributed by atoms with van der Waals surface area (Å²) in [6.45, 7) is 1.59. The summed E-state index contributed by atoms with van der Waals surface area (Å²) in [5.74, 6) is -1.03. The van der Waals surface area contributed by atoms with Gasteiger partial charge in [-0.2, -0.15) is 5.06 Å². The van der Waals surface area contributed by atoms with Gasteiger partial charge in [-0.1, -0.05) is 5.16 Å². The Hall–Kier alpha value is -2.56. The van der Waals surface area contributed by atoms with Gasteiger partial charge in [-0.05, 0) is 19.3 Å². The number of nitrogens with zero attached hydrogens (tertiary/aromatic N) is 2. The Kier molecular flexibility index (Phi) is 9.83. The van der Waals surface area contributed by atoms with Crippen LogP contribution in [0.4, 0.5) is 9.59 Å². The van der Waals surface area contributed by atoms with Crippen LogP contribution in [0, 0.1) is 0 Å². The predicted molar refractivity (Wildman–Crippen MR) is 76.3 cm³/mol. The lowest BCUT2D eigenvalue weighted by atomic mass is 10.1. The van der Waals surface area contributed by atoms with Crippen molar-refractivity contribution in [2.75, 3.05) is 20.8 Å². The molecule has 0 aliphatic rings. The van der Waals surface area contributed by atoms with E-state index in [1.54, 1.807) is 0 Å². The van der Waals surface area contributed by atoms with Crippen LogP contribution in [0.3, 0.4) is 0 Å². The first kappa shape index (κ1) is 20.4. The second-order valence-electron chi connectivity index (χ2n) is 4.27. The van der Waals surface area contributed by atoms with Gasteiger partial charge in [-0.3, -0.25) is 9.63 Å². The number of carbonyl (C=O) groups excluding carboxylic acids is 2. The molecule has 0 unspecified atom stereocenters. The van der Waals surface area contributed by atoms with E-state index in [-0.39, 0.29) is 18.8 Å². The van der Waals surface area contributed by atoms with Crippen LogP contribution >= 0.6 is 0 Å². The number of nitrogens with two attached hydrogens (primary N) is 1. The number of carboxylic acids is 1. The molecular weight excluding hydrogens is 314 g/mol. The first-order chi connectivity index (χ1) is 10.8. The molecule has 0 saturated carbocycles. The zero-order valence-electron chi connectivity index (χ0n) is 13.2. The molecule has 0 aliphatic carbocycles. The number of ether oxygens (including phenoxy) is 2. The zero-order chi connectivity index (χ0) is 17.8. The van der Waals surface area contributed by atoms with E-state index in [0.717, 1.165) is 19.3 Å². The summed E-state index contributed by atoms with van der Waals surface area (Å²) >= 11 is 0. The molecule has 0 heterocycles. The van der Waals surface area contributed by atoms with E-state index < -0.39 is 24.3 Å². The van der Waals surface area contributed by atoms with Gasteiger partial charge < -0.3 is 25.2 Å². The van der Waals surface area contributed by atoms with Gasteiger partial charge in [0.15, 0.2) is 5.84 Å². The third kappa shape index (κ3) is 9.14. The summed E-state index contributed by atoms with van der Waals surface area (Å²) in [7, 11) is 2.24. The fourth-order valence-corrected chi connectivity index (χ4v) is 1.33. The number of hydroxylamine groups is 2. The minimum absolute atomic E-state index is 0.0586. The summed E-state index contributed by atoms with van der Waals surface area (Å²) in [6.07, 6.45) is -0.839. The van der Waals surface area contributed by atoms with Gasteiger partial charge >= 0.3 is 18.3 Å². The Morgan fingerprint density at radius 3 is 2.30 bits per heavy atom. The molecule has 0 aromatic heterocycles. The molecule has 1 atom stereocenters. The van der Waals surface area contributed by atoms with Crippen LogP contribution in [0.25, 0.3) is 0 Å². The average molecular weight is 335 g/mol. The molecule has 0 amide bonds. The van der Waals surface area contributed by atoms with Gasteiger partial charge in [-0.25, -0.2) is 9.59 Å². The zero-order valence-corrected chi connectivity index (χ0v) is 13.2. The van der Waals surface area contributed by atoms with Crippen LogP contribution in [0.1, 0.15) is 26.2 Å². The number of amidine groups is 1. The molecule has 132 valence electrons. The number of unbranched alkanes of at least 4 members (excludes halogenated alkanes) is 1. The average Bonchev–Trinajstić information content (AvgIpc) is 2.54. The van der Waals surface area contributed by atoms with E-state index in [9.17, 15) is 14.4 Å². The molecule has 11 nitrogen and oxygen atoms in total. The van der Waals surface area contributed by atoms with E-state index in [2.05, 4.69) is 19.5 Å². The Bertz CT molecular complexity index is 440. The standard InChI is InChI=1S/C12H21N3O8/c1-8(14-22-11(18)20-2)15(23-12(19)21-3)7-5-4-6-9(13)10(16)17/h9H,4-7,13H2,1-3H3,(H,16,17)/t9-/m0/s1. The van der Waals surface area contributed by atoms with Gasteiger partial charge in [0.2, 0.25) is 0 Å². The lowest BCUT2D eigenvalue weighted by Gasteiger charge is -2.21. The number of rotatable bonds is 7. The van der Waals surface area contributed by atoms with Crippen LogP contribution in [0.2, 0.25) is 0 Å². The quantitative estimate of drug-likeness (QED) is 0.170. The molecule has 0 radical (unpaired) electrons. The number of aliphatic carboxylic acids is 1. The molecule has 11 heteroatoms. The van der Waals surface area contributed by atoms with Gasteiger partial charge in [0.05, 0.1) is 20.8 Å². The van der Waals surface area contributed by atoms with E-state index in [4.69, 9.17) is 15.7 Å². The van der Waals surface area contributed by atoms with E-state index in [1.165, 1.54) is 6.92 Å². The van der Waals surface area contributed by atoms with Crippen molar-refractivity contribution in [1.82, 2.24) is 5.06 Å². The third-order valence-electron chi connectivity index (χ3n) is 2.57. The second kappa shape index (κ2) is 11.1. The van der Waals surface area contributed by atoms with Crippen molar-refractivity contribution in [3.8, 4) is 0 Å². The predicted octanol–water partition coefficient (Wildman–Crippen LogP) is 0.685. The van der Waals surface area contributed by atoms with Crippen LogP contribution in [-0.4, -0.2) is 61.1 Å². The Morgan fingerprint density at radius 2 is 1.78 bits per heavy atom. The van der Waals surface area contributed by atoms with Crippen molar-refractivity contribution >= 4 is 24.1 Å². The minimum atomic E-state index is -1.09. The molecule has 0 aromatic rings. The maximum atomic E-state index is 11.2. The SMILES string of the molecule is COC(=O)ON=C(C)N(CCCC[C@H](N)C(=O)O)OC(=O)OC. The number of oxime groups is 1. The molecule has 0 saturated heterocycles. The van der Waals surface area contributed by atoms with Gasteiger partial charge in [0, 0.05) is 6.92 Å². The number of hydrogen-bond donors (Lipinski definition) is 2. The van der Waals surface area contributed by atoms with E-state index in [1.807, 2.05) is 0 Å². The number of carboxylic acid groups (broad SMARTS) is 1. The molecule has 0 aromatic carbocycles. The number of carbonyl (C=O) groups is 3. The van der Waals surface area contributed by atoms with Crippen molar-refractivity contribution in [1.29, 1.82) is 0 Å². The van der Waals surface area contributed by atoms with Gasteiger partial charge in [-0.15, -0.1) is 0 Å². The Balaban J connectivity index is 4.53. The highest BCUT2D eigenvalue weighted by Gasteiger charge is 2.16. The Morgan fingerprint density at radius 1 is 1.17 bits per heavy atom. The van der Waals surface area contributed by atoms with Crippen molar-refractivity contribution in [3.05, 3.63) is 0 Å². The maximum Gasteiger partial charge on any atom is 0.534 e. The van der Waals surface area contributed by atoms with Crippen molar-refractivity contribution < 1.29 is 38.6 Å². The normalized spacial score (nSPS) is 12.1.